The second-order valence-corrected chi connectivity index (χ2v) is 8.83. The highest BCUT2D eigenvalue weighted by atomic mass is 15.2. The molecule has 1 heterocycles. The highest BCUT2D eigenvalue weighted by molar-refractivity contribution is 5.67. The van der Waals surface area contributed by atoms with Gasteiger partial charge in [0, 0.05) is 18.3 Å². The van der Waals surface area contributed by atoms with Gasteiger partial charge in [-0.3, -0.25) is 0 Å². The number of nitrogens with one attached hydrogen (secondary N) is 1. The zero-order chi connectivity index (χ0) is 21.1. The molecule has 1 aliphatic heterocycles. The fraction of sp³-hybridized carbons (Fsp3) is 0.357. The smallest absolute Gasteiger partial charge is 0.0432 e. The summed E-state index contributed by atoms with van der Waals surface area (Å²) in [6.45, 7) is 12.0. The number of para-hydroxylation sites is 1. The standard InChI is InChI=1S/C28H34N2/c1-20-8-5-6-11-28(20)30(27-12-14-29-15-13-27)19-24-9-7-10-25(18-24)26-16-21(2)23(4)22(3)17-26/h5-11,16-18,27,29H,12-15,19H2,1-4H3. The van der Waals surface area contributed by atoms with Crippen LogP contribution in [0.1, 0.15) is 40.7 Å². The van der Waals surface area contributed by atoms with Gasteiger partial charge in [0.15, 0.2) is 0 Å². The molecule has 4 rings (SSSR count). The first-order valence-electron chi connectivity index (χ1n) is 11.2. The van der Waals surface area contributed by atoms with Crippen LogP contribution in [0.15, 0.2) is 60.7 Å². The van der Waals surface area contributed by atoms with Crippen LogP contribution in [0.5, 0.6) is 0 Å². The molecule has 156 valence electrons. The van der Waals surface area contributed by atoms with Crippen LogP contribution in [0.2, 0.25) is 0 Å². The fourth-order valence-electron chi connectivity index (χ4n) is 4.66. The fourth-order valence-corrected chi connectivity index (χ4v) is 4.66. The highest BCUT2D eigenvalue weighted by Crippen LogP contribution is 2.30. The third-order valence-electron chi connectivity index (χ3n) is 6.71. The van der Waals surface area contributed by atoms with Crippen LogP contribution in [0.3, 0.4) is 0 Å². The Kier molecular flexibility index (Phi) is 6.24. The lowest BCUT2D eigenvalue weighted by molar-refractivity contribution is 0.428. The number of rotatable bonds is 5. The summed E-state index contributed by atoms with van der Waals surface area (Å²) in [6.07, 6.45) is 2.40. The van der Waals surface area contributed by atoms with E-state index in [2.05, 4.69) is 98.6 Å². The van der Waals surface area contributed by atoms with Crippen molar-refractivity contribution in [1.82, 2.24) is 5.32 Å². The van der Waals surface area contributed by atoms with Gasteiger partial charge in [-0.25, -0.2) is 0 Å². The van der Waals surface area contributed by atoms with Crippen molar-refractivity contribution in [3.8, 4) is 11.1 Å². The van der Waals surface area contributed by atoms with Gasteiger partial charge in [-0.1, -0.05) is 48.5 Å². The second-order valence-electron chi connectivity index (χ2n) is 8.83. The molecule has 0 amide bonds. The van der Waals surface area contributed by atoms with E-state index >= 15 is 0 Å². The summed E-state index contributed by atoms with van der Waals surface area (Å²) >= 11 is 0. The van der Waals surface area contributed by atoms with Gasteiger partial charge in [-0.15, -0.1) is 0 Å². The minimum absolute atomic E-state index is 0.583. The molecule has 1 saturated heterocycles. The Morgan fingerprint density at radius 2 is 1.47 bits per heavy atom. The molecular formula is C28H34N2. The molecule has 1 fully saturated rings. The van der Waals surface area contributed by atoms with Crippen molar-refractivity contribution in [3.63, 3.8) is 0 Å². The average molecular weight is 399 g/mol. The molecule has 0 saturated carbocycles. The number of aryl methyl sites for hydroxylation is 3. The molecule has 0 atom stereocenters. The van der Waals surface area contributed by atoms with Crippen molar-refractivity contribution in [1.29, 1.82) is 0 Å². The summed E-state index contributed by atoms with van der Waals surface area (Å²) in [4.78, 5) is 2.64. The van der Waals surface area contributed by atoms with Crippen molar-refractivity contribution < 1.29 is 0 Å². The molecule has 0 unspecified atom stereocenters. The van der Waals surface area contributed by atoms with Crippen LogP contribution < -0.4 is 10.2 Å². The number of anilines is 1. The number of benzene rings is 3. The molecule has 1 N–H and O–H groups in total. The lowest BCUT2D eigenvalue weighted by Crippen LogP contribution is -2.43. The van der Waals surface area contributed by atoms with E-state index in [1.807, 2.05) is 0 Å². The first-order chi connectivity index (χ1) is 14.5. The molecule has 3 aromatic rings. The van der Waals surface area contributed by atoms with Crippen LogP contribution in [0.4, 0.5) is 5.69 Å². The van der Waals surface area contributed by atoms with E-state index in [1.54, 1.807) is 0 Å². The van der Waals surface area contributed by atoms with Gasteiger partial charge in [-0.2, -0.15) is 0 Å². The quantitative estimate of drug-likeness (QED) is 0.539. The summed E-state index contributed by atoms with van der Waals surface area (Å²) in [5, 5.41) is 3.52. The van der Waals surface area contributed by atoms with Crippen LogP contribution >= 0.6 is 0 Å². The minimum Gasteiger partial charge on any atom is -0.364 e. The predicted octanol–water partition coefficient (Wildman–Crippen LogP) is 6.35. The largest absolute Gasteiger partial charge is 0.364 e. The number of piperidine rings is 1. The number of nitrogens with zero attached hydrogens (tertiary/aromatic N) is 1. The summed E-state index contributed by atoms with van der Waals surface area (Å²) in [5.74, 6) is 0. The van der Waals surface area contributed by atoms with Crippen LogP contribution in [-0.4, -0.2) is 19.1 Å². The normalized spacial score (nSPS) is 14.7. The third-order valence-corrected chi connectivity index (χ3v) is 6.71. The van der Waals surface area contributed by atoms with Crippen molar-refractivity contribution >= 4 is 5.69 Å². The molecule has 1 aliphatic rings. The summed E-state index contributed by atoms with van der Waals surface area (Å²) in [5.41, 5.74) is 10.9. The first-order valence-corrected chi connectivity index (χ1v) is 11.2. The Morgan fingerprint density at radius 1 is 0.767 bits per heavy atom. The maximum absolute atomic E-state index is 3.52. The van der Waals surface area contributed by atoms with E-state index in [1.165, 1.54) is 57.5 Å². The molecule has 0 spiro atoms. The maximum Gasteiger partial charge on any atom is 0.0432 e. The Hall–Kier alpha value is -2.58. The Labute approximate surface area is 181 Å². The molecule has 0 bridgehead atoms. The van der Waals surface area contributed by atoms with Gasteiger partial charge in [0.25, 0.3) is 0 Å². The molecule has 0 radical (unpaired) electrons. The second kappa shape index (κ2) is 9.06. The minimum atomic E-state index is 0.583. The van der Waals surface area contributed by atoms with E-state index < -0.39 is 0 Å². The number of hydrogen-bond donors (Lipinski definition) is 1. The molecule has 2 nitrogen and oxygen atoms in total. The van der Waals surface area contributed by atoms with Gasteiger partial charge in [0.2, 0.25) is 0 Å². The molecule has 0 aromatic heterocycles. The summed E-state index contributed by atoms with van der Waals surface area (Å²) < 4.78 is 0. The zero-order valence-electron chi connectivity index (χ0n) is 18.8. The van der Waals surface area contributed by atoms with Crippen molar-refractivity contribution in [2.24, 2.45) is 0 Å². The Balaban J connectivity index is 1.67. The topological polar surface area (TPSA) is 15.3 Å². The van der Waals surface area contributed by atoms with Crippen LogP contribution in [0.25, 0.3) is 11.1 Å². The Morgan fingerprint density at radius 3 is 2.17 bits per heavy atom. The average Bonchev–Trinajstić information content (AvgIpc) is 2.77. The van der Waals surface area contributed by atoms with E-state index in [0.29, 0.717) is 6.04 Å². The number of hydrogen-bond acceptors (Lipinski definition) is 2. The Bertz CT molecular complexity index is 992. The van der Waals surface area contributed by atoms with Gasteiger partial charge in [0.1, 0.15) is 0 Å². The van der Waals surface area contributed by atoms with E-state index in [-0.39, 0.29) is 0 Å². The monoisotopic (exact) mass is 398 g/mol. The zero-order valence-corrected chi connectivity index (χ0v) is 18.8. The van der Waals surface area contributed by atoms with Gasteiger partial charge in [-0.05, 0) is 105 Å². The van der Waals surface area contributed by atoms with Crippen LogP contribution in [0, 0.1) is 27.7 Å². The van der Waals surface area contributed by atoms with Crippen molar-refractivity contribution in [2.75, 3.05) is 18.0 Å². The van der Waals surface area contributed by atoms with Crippen molar-refractivity contribution in [3.05, 3.63) is 88.5 Å². The lowest BCUT2D eigenvalue weighted by atomic mass is 9.95. The third kappa shape index (κ3) is 4.44. The highest BCUT2D eigenvalue weighted by Gasteiger charge is 2.22. The summed E-state index contributed by atoms with van der Waals surface area (Å²) in [7, 11) is 0. The van der Waals surface area contributed by atoms with E-state index in [9.17, 15) is 0 Å². The predicted molar refractivity (Wildman–Crippen MR) is 129 cm³/mol. The molecule has 0 aliphatic carbocycles. The molecule has 3 aromatic carbocycles. The molecular weight excluding hydrogens is 364 g/mol. The first kappa shape index (κ1) is 20.7. The molecule has 30 heavy (non-hydrogen) atoms. The van der Waals surface area contributed by atoms with E-state index in [0.717, 1.165) is 19.6 Å². The van der Waals surface area contributed by atoms with Crippen LogP contribution in [-0.2, 0) is 6.54 Å². The van der Waals surface area contributed by atoms with Crippen molar-refractivity contribution in [2.45, 2.75) is 53.1 Å². The van der Waals surface area contributed by atoms with E-state index in [4.69, 9.17) is 0 Å². The maximum atomic E-state index is 3.52. The van der Waals surface area contributed by atoms with Gasteiger partial charge >= 0.3 is 0 Å². The van der Waals surface area contributed by atoms with Gasteiger partial charge < -0.3 is 10.2 Å². The SMILES string of the molecule is Cc1ccccc1N(Cc1cccc(-c2cc(C)c(C)c(C)c2)c1)C1CCNCC1. The lowest BCUT2D eigenvalue weighted by Gasteiger charge is -2.37. The molecule has 2 heteroatoms. The van der Waals surface area contributed by atoms with Gasteiger partial charge in [0.05, 0.1) is 0 Å². The summed E-state index contributed by atoms with van der Waals surface area (Å²) in [6, 6.07) is 23.2.